The molecule has 4 aromatic rings. The van der Waals surface area contributed by atoms with Gasteiger partial charge in [-0.15, -0.1) is 0 Å². The van der Waals surface area contributed by atoms with E-state index in [2.05, 4.69) is 12.1 Å². The number of rotatable bonds is 8. The molecule has 1 aromatic heterocycles. The first kappa shape index (κ1) is 26.9. The molecule has 0 fully saturated rings. The van der Waals surface area contributed by atoms with Crippen LogP contribution >= 0.6 is 0 Å². The van der Waals surface area contributed by atoms with Gasteiger partial charge in [0.15, 0.2) is 0 Å². The molecule has 0 saturated carbocycles. The molecule has 0 atom stereocenters. The fourth-order valence-electron chi connectivity index (χ4n) is 3.77. The normalized spacial score (nSPS) is 10.9. The number of hydrogen-bond acceptors (Lipinski definition) is 5. The van der Waals surface area contributed by atoms with Crippen molar-refractivity contribution in [3.63, 3.8) is 0 Å². The highest BCUT2D eigenvalue weighted by Gasteiger charge is 2.18. The lowest BCUT2D eigenvalue weighted by Crippen LogP contribution is -2.25. The summed E-state index contributed by atoms with van der Waals surface area (Å²) in [6.07, 6.45) is 0.150. The van der Waals surface area contributed by atoms with Crippen molar-refractivity contribution in [2.45, 2.75) is 66.8 Å². The largest absolute Gasteiger partial charge is 0.489 e. The van der Waals surface area contributed by atoms with Gasteiger partial charge in [-0.2, -0.15) is 0 Å². The Morgan fingerprint density at radius 1 is 0.861 bits per heavy atom. The second-order valence-corrected chi connectivity index (χ2v) is 9.31. The maximum absolute atomic E-state index is 12.3. The number of carbonyl (C=O) groups is 1. The van der Waals surface area contributed by atoms with Crippen molar-refractivity contribution in [3.8, 4) is 11.5 Å². The number of ether oxygens (including phenoxy) is 3. The molecule has 36 heavy (non-hydrogen) atoms. The summed E-state index contributed by atoms with van der Waals surface area (Å²) in [7, 11) is 0. The van der Waals surface area contributed by atoms with Crippen LogP contribution < -0.4 is 9.47 Å². The summed E-state index contributed by atoms with van der Waals surface area (Å²) in [5, 5.41) is 1.01. The van der Waals surface area contributed by atoms with Crippen LogP contribution in [0.3, 0.4) is 0 Å². The molecule has 0 N–H and O–H groups in total. The maximum atomic E-state index is 12.3. The lowest BCUT2D eigenvalue weighted by atomic mass is 10.1. The van der Waals surface area contributed by atoms with Crippen molar-refractivity contribution in [3.05, 3.63) is 95.2 Å². The quantitative estimate of drug-likeness (QED) is 0.237. The number of fused-ring (bicyclic) bond motifs is 1. The zero-order valence-corrected chi connectivity index (χ0v) is 22.1. The van der Waals surface area contributed by atoms with Crippen molar-refractivity contribution in [1.29, 1.82) is 0 Å². The average Bonchev–Trinajstić information content (AvgIpc) is 3.27. The first-order chi connectivity index (χ1) is 17.3. The predicted molar refractivity (Wildman–Crippen MR) is 143 cm³/mol. The maximum Gasteiger partial charge on any atom is 0.310 e. The standard InChI is InChI=1S/C29H30O5.C2H6/c1-20-14-21(18-31-24-11-6-5-7-12-24)15-23-16-25(33-28(20)23)19-32-26-13-9-8-10-22(26)17-27(30)34-29(2,3)4;1-2/h5-16H,17-19H2,1-4H3;1-2H3. The molecule has 0 unspecified atom stereocenters. The Morgan fingerprint density at radius 3 is 2.28 bits per heavy atom. The van der Waals surface area contributed by atoms with Crippen molar-refractivity contribution in [2.75, 3.05) is 0 Å². The molecule has 0 aliphatic rings. The minimum Gasteiger partial charge on any atom is -0.489 e. The second kappa shape index (κ2) is 12.3. The third kappa shape index (κ3) is 7.64. The van der Waals surface area contributed by atoms with E-state index in [9.17, 15) is 4.79 Å². The zero-order valence-electron chi connectivity index (χ0n) is 22.1. The van der Waals surface area contributed by atoms with E-state index in [1.54, 1.807) is 0 Å². The van der Waals surface area contributed by atoms with Crippen molar-refractivity contribution < 1.29 is 23.4 Å². The van der Waals surface area contributed by atoms with E-state index < -0.39 is 5.60 Å². The Bertz CT molecular complexity index is 1270. The zero-order chi connectivity index (χ0) is 26.1. The molecule has 3 aromatic carbocycles. The van der Waals surface area contributed by atoms with Crippen molar-refractivity contribution in [2.24, 2.45) is 0 Å². The fourth-order valence-corrected chi connectivity index (χ4v) is 3.77. The Kier molecular flexibility index (Phi) is 9.18. The van der Waals surface area contributed by atoms with E-state index >= 15 is 0 Å². The van der Waals surface area contributed by atoms with Crippen LogP contribution in [0.5, 0.6) is 11.5 Å². The number of carbonyl (C=O) groups excluding carboxylic acids is 1. The molecule has 0 aliphatic heterocycles. The van der Waals surface area contributed by atoms with Crippen LogP contribution in [-0.2, 0) is 29.2 Å². The Morgan fingerprint density at radius 2 is 1.56 bits per heavy atom. The van der Waals surface area contributed by atoms with Gasteiger partial charge in [-0.05, 0) is 75.2 Å². The summed E-state index contributed by atoms with van der Waals surface area (Å²) >= 11 is 0. The van der Waals surface area contributed by atoms with Gasteiger partial charge in [-0.3, -0.25) is 4.79 Å². The topological polar surface area (TPSA) is 57.9 Å². The fraction of sp³-hybridized carbons (Fsp3) is 0.323. The van der Waals surface area contributed by atoms with Crippen LogP contribution in [0.25, 0.3) is 11.0 Å². The lowest BCUT2D eigenvalue weighted by molar-refractivity contribution is -0.153. The van der Waals surface area contributed by atoms with Crippen LogP contribution in [-0.4, -0.2) is 11.6 Å². The first-order valence-corrected chi connectivity index (χ1v) is 12.4. The van der Waals surface area contributed by atoms with E-state index in [0.29, 0.717) is 18.1 Å². The summed E-state index contributed by atoms with van der Waals surface area (Å²) in [5.41, 5.74) is 3.21. The highest BCUT2D eigenvalue weighted by molar-refractivity contribution is 5.82. The molecule has 4 rings (SSSR count). The molecule has 5 heteroatoms. The third-order valence-electron chi connectivity index (χ3n) is 5.16. The lowest BCUT2D eigenvalue weighted by Gasteiger charge is -2.20. The van der Waals surface area contributed by atoms with Crippen molar-refractivity contribution >= 4 is 16.9 Å². The highest BCUT2D eigenvalue weighted by atomic mass is 16.6. The van der Waals surface area contributed by atoms with Gasteiger partial charge < -0.3 is 18.6 Å². The third-order valence-corrected chi connectivity index (χ3v) is 5.16. The summed E-state index contributed by atoms with van der Waals surface area (Å²) in [6, 6.07) is 23.4. The van der Waals surface area contributed by atoms with Crippen LogP contribution in [0.2, 0.25) is 0 Å². The number of aryl methyl sites for hydroxylation is 1. The highest BCUT2D eigenvalue weighted by Crippen LogP contribution is 2.27. The SMILES string of the molecule is CC.Cc1cc(COc2ccccc2)cc2cc(COc3ccccc3CC(=O)OC(C)(C)C)oc12. The summed E-state index contributed by atoms with van der Waals surface area (Å²) < 4.78 is 23.4. The monoisotopic (exact) mass is 488 g/mol. The van der Waals surface area contributed by atoms with Gasteiger partial charge in [0.05, 0.1) is 6.42 Å². The van der Waals surface area contributed by atoms with E-state index in [0.717, 1.165) is 33.4 Å². The number of hydrogen-bond donors (Lipinski definition) is 0. The molecule has 0 saturated heterocycles. The smallest absolute Gasteiger partial charge is 0.310 e. The van der Waals surface area contributed by atoms with E-state index in [1.165, 1.54) is 0 Å². The Hall–Kier alpha value is -3.73. The van der Waals surface area contributed by atoms with E-state index in [4.69, 9.17) is 18.6 Å². The average molecular weight is 489 g/mol. The minimum absolute atomic E-state index is 0.150. The predicted octanol–water partition coefficient (Wildman–Crippen LogP) is 7.81. The number of furan rings is 1. The van der Waals surface area contributed by atoms with Crippen LogP contribution in [0, 0.1) is 6.92 Å². The summed E-state index contributed by atoms with van der Waals surface area (Å²) in [4.78, 5) is 12.3. The molecule has 5 nitrogen and oxygen atoms in total. The van der Waals surface area contributed by atoms with Gasteiger partial charge in [0.2, 0.25) is 0 Å². The van der Waals surface area contributed by atoms with Crippen LogP contribution in [0.15, 0.2) is 77.2 Å². The molecule has 1 heterocycles. The van der Waals surface area contributed by atoms with E-state index in [-0.39, 0.29) is 19.0 Å². The van der Waals surface area contributed by atoms with E-state index in [1.807, 2.05) is 102 Å². The minimum atomic E-state index is -0.524. The molecule has 0 aliphatic carbocycles. The molecule has 0 bridgehead atoms. The van der Waals surface area contributed by atoms with Gasteiger partial charge in [-0.25, -0.2) is 0 Å². The van der Waals surface area contributed by atoms with Gasteiger partial charge >= 0.3 is 5.97 Å². The molecular weight excluding hydrogens is 452 g/mol. The van der Waals surface area contributed by atoms with Gasteiger partial charge in [0, 0.05) is 10.9 Å². The van der Waals surface area contributed by atoms with Gasteiger partial charge in [-0.1, -0.05) is 50.2 Å². The number of para-hydroxylation sites is 2. The molecule has 0 radical (unpaired) electrons. The Labute approximate surface area is 214 Å². The van der Waals surface area contributed by atoms with Gasteiger partial charge in [0.25, 0.3) is 0 Å². The molecule has 0 spiro atoms. The molecular formula is C31H36O5. The second-order valence-electron chi connectivity index (χ2n) is 9.31. The molecule has 0 amide bonds. The summed E-state index contributed by atoms with van der Waals surface area (Å²) in [5.74, 6) is 1.91. The van der Waals surface area contributed by atoms with Gasteiger partial charge in [0.1, 0.15) is 41.7 Å². The molecule has 190 valence electrons. The first-order valence-electron chi connectivity index (χ1n) is 12.4. The van der Waals surface area contributed by atoms with Crippen LogP contribution in [0.1, 0.15) is 57.1 Å². The number of esters is 1. The Balaban J connectivity index is 0.00000176. The van der Waals surface area contributed by atoms with Crippen LogP contribution in [0.4, 0.5) is 0 Å². The number of benzene rings is 3. The summed E-state index contributed by atoms with van der Waals surface area (Å²) in [6.45, 7) is 12.3. The van der Waals surface area contributed by atoms with Crippen molar-refractivity contribution in [1.82, 2.24) is 0 Å².